The maximum absolute atomic E-state index is 13.6. The maximum Gasteiger partial charge on any atom is 0.243 e. The molecule has 1 saturated heterocycles. The molecule has 0 radical (unpaired) electrons. The summed E-state index contributed by atoms with van der Waals surface area (Å²) in [6, 6.07) is 15.9. The average Bonchev–Trinajstić information content (AvgIpc) is 3.38. The molecule has 0 amide bonds. The summed E-state index contributed by atoms with van der Waals surface area (Å²) < 4.78 is 62.0. The molecule has 10 heteroatoms. The van der Waals surface area contributed by atoms with Gasteiger partial charge in [0.1, 0.15) is 5.76 Å². The first-order valence-electron chi connectivity index (χ1n) is 11.6. The van der Waals surface area contributed by atoms with Gasteiger partial charge in [0.25, 0.3) is 0 Å². The molecule has 2 heterocycles. The SMILES string of the molecule is CC[C@@H]1CCCCN1S(=O)(=O)c1ccc(S(=O)(=O)N(Cc2ccco2)Cc2ccccc2Cl)cc1. The molecule has 3 aromatic rings. The van der Waals surface area contributed by atoms with Gasteiger partial charge in [-0.05, 0) is 67.3 Å². The predicted octanol–water partition coefficient (Wildman–Crippen LogP) is 5.28. The fourth-order valence-corrected chi connectivity index (χ4v) is 7.73. The Bertz CT molecular complexity index is 1340. The van der Waals surface area contributed by atoms with Gasteiger partial charge in [0.15, 0.2) is 0 Å². The molecule has 1 aromatic heterocycles. The molecule has 1 fully saturated rings. The van der Waals surface area contributed by atoms with Crippen LogP contribution in [0.3, 0.4) is 0 Å². The molecule has 0 aliphatic carbocycles. The molecule has 188 valence electrons. The quantitative estimate of drug-likeness (QED) is 0.371. The van der Waals surface area contributed by atoms with E-state index in [4.69, 9.17) is 16.0 Å². The first kappa shape index (κ1) is 25.9. The summed E-state index contributed by atoms with van der Waals surface area (Å²) in [4.78, 5) is 0.0984. The molecule has 0 unspecified atom stereocenters. The lowest BCUT2D eigenvalue weighted by Gasteiger charge is -2.34. The minimum Gasteiger partial charge on any atom is -0.468 e. The number of furan rings is 1. The second-order valence-electron chi connectivity index (χ2n) is 8.59. The van der Waals surface area contributed by atoms with Crippen LogP contribution in [0.5, 0.6) is 0 Å². The van der Waals surface area contributed by atoms with Crippen LogP contribution >= 0.6 is 11.6 Å². The Labute approximate surface area is 212 Å². The smallest absolute Gasteiger partial charge is 0.243 e. The molecular weight excluding hydrogens is 508 g/mol. The minimum absolute atomic E-state index is 0.000690. The molecule has 1 atom stereocenters. The Hall–Kier alpha value is -2.17. The van der Waals surface area contributed by atoms with E-state index in [2.05, 4.69) is 0 Å². The first-order valence-corrected chi connectivity index (χ1v) is 14.9. The van der Waals surface area contributed by atoms with Crippen LogP contribution in [0.25, 0.3) is 0 Å². The van der Waals surface area contributed by atoms with Crippen LogP contribution in [0, 0.1) is 0 Å². The zero-order valence-electron chi connectivity index (χ0n) is 19.5. The first-order chi connectivity index (χ1) is 16.7. The summed E-state index contributed by atoms with van der Waals surface area (Å²) in [7, 11) is -7.70. The van der Waals surface area contributed by atoms with E-state index >= 15 is 0 Å². The van der Waals surface area contributed by atoms with Gasteiger partial charge in [0.05, 0.1) is 22.6 Å². The van der Waals surface area contributed by atoms with E-state index in [-0.39, 0.29) is 28.9 Å². The molecule has 0 bridgehead atoms. The number of hydrogen-bond acceptors (Lipinski definition) is 5. The van der Waals surface area contributed by atoms with E-state index in [0.717, 1.165) is 25.7 Å². The molecule has 0 spiro atoms. The van der Waals surface area contributed by atoms with Gasteiger partial charge < -0.3 is 4.42 Å². The number of sulfonamides is 2. The molecule has 7 nitrogen and oxygen atoms in total. The van der Waals surface area contributed by atoms with E-state index in [1.807, 2.05) is 6.92 Å². The van der Waals surface area contributed by atoms with Gasteiger partial charge in [-0.3, -0.25) is 0 Å². The minimum atomic E-state index is -3.99. The monoisotopic (exact) mass is 536 g/mol. The maximum atomic E-state index is 13.6. The number of nitrogens with zero attached hydrogens (tertiary/aromatic N) is 2. The fourth-order valence-electron chi connectivity index (χ4n) is 4.39. The van der Waals surface area contributed by atoms with Crippen molar-refractivity contribution in [3.05, 3.63) is 83.3 Å². The van der Waals surface area contributed by atoms with Crippen molar-refractivity contribution in [1.82, 2.24) is 8.61 Å². The van der Waals surface area contributed by atoms with Crippen LogP contribution in [0.1, 0.15) is 43.9 Å². The Kier molecular flexibility index (Phi) is 8.02. The van der Waals surface area contributed by atoms with Crippen molar-refractivity contribution in [2.45, 2.75) is 61.5 Å². The average molecular weight is 537 g/mol. The molecule has 35 heavy (non-hydrogen) atoms. The zero-order valence-corrected chi connectivity index (χ0v) is 21.9. The molecule has 0 N–H and O–H groups in total. The van der Waals surface area contributed by atoms with Crippen LogP contribution in [0.4, 0.5) is 0 Å². The summed E-state index contributed by atoms with van der Waals surface area (Å²) in [5.74, 6) is 0.482. The molecule has 1 aliphatic heterocycles. The van der Waals surface area contributed by atoms with Crippen molar-refractivity contribution in [2.24, 2.45) is 0 Å². The van der Waals surface area contributed by atoms with Gasteiger partial charge in [0.2, 0.25) is 20.0 Å². The predicted molar refractivity (Wildman–Crippen MR) is 135 cm³/mol. The van der Waals surface area contributed by atoms with Crippen molar-refractivity contribution in [2.75, 3.05) is 6.54 Å². The second-order valence-corrected chi connectivity index (χ2v) is 12.8. The van der Waals surface area contributed by atoms with Crippen molar-refractivity contribution >= 4 is 31.6 Å². The molecule has 2 aromatic carbocycles. The third kappa shape index (κ3) is 5.65. The fraction of sp³-hybridized carbons (Fsp3) is 0.360. The molecular formula is C25H29ClN2O5S2. The third-order valence-corrected chi connectivity index (χ3v) is 10.5. The third-order valence-electron chi connectivity index (χ3n) is 6.33. The largest absolute Gasteiger partial charge is 0.468 e. The van der Waals surface area contributed by atoms with E-state index < -0.39 is 20.0 Å². The van der Waals surface area contributed by atoms with Gasteiger partial charge in [-0.2, -0.15) is 8.61 Å². The Balaban J connectivity index is 1.64. The van der Waals surface area contributed by atoms with Crippen molar-refractivity contribution < 1.29 is 21.3 Å². The molecule has 4 rings (SSSR count). The van der Waals surface area contributed by atoms with Crippen molar-refractivity contribution in [3.8, 4) is 0 Å². The van der Waals surface area contributed by atoms with Crippen LogP contribution < -0.4 is 0 Å². The highest BCUT2D eigenvalue weighted by Gasteiger charge is 2.33. The van der Waals surface area contributed by atoms with Crippen LogP contribution in [-0.2, 0) is 33.1 Å². The summed E-state index contributed by atoms with van der Waals surface area (Å²) in [5.41, 5.74) is 0.652. The highest BCUT2D eigenvalue weighted by Crippen LogP contribution is 2.29. The summed E-state index contributed by atoms with van der Waals surface area (Å²) in [5, 5.41) is 0.459. The second kappa shape index (κ2) is 10.8. The number of halogens is 1. The lowest BCUT2D eigenvalue weighted by molar-refractivity contribution is 0.246. The Morgan fingerprint density at radius 2 is 1.66 bits per heavy atom. The van der Waals surface area contributed by atoms with Crippen molar-refractivity contribution in [3.63, 3.8) is 0 Å². The number of hydrogen-bond donors (Lipinski definition) is 0. The topological polar surface area (TPSA) is 87.9 Å². The standard InChI is InChI=1S/C25H29ClN2O5S2/c1-2-21-9-5-6-16-28(21)35(31,32)24-14-12-23(13-15-24)34(29,30)27(19-22-10-7-17-33-22)18-20-8-3-4-11-25(20)26/h3-4,7-8,10-15,17,21H,2,5-6,9,16,18-19H2,1H3/t21-/m1/s1. The Morgan fingerprint density at radius 3 is 2.31 bits per heavy atom. The van der Waals surface area contributed by atoms with E-state index in [1.54, 1.807) is 40.7 Å². The number of piperidine rings is 1. The van der Waals surface area contributed by atoms with Crippen LogP contribution in [-0.4, -0.2) is 38.0 Å². The zero-order chi connectivity index (χ0) is 25.1. The summed E-state index contributed by atoms with van der Waals surface area (Å²) in [6.07, 6.45) is 4.91. The Morgan fingerprint density at radius 1 is 0.943 bits per heavy atom. The summed E-state index contributed by atoms with van der Waals surface area (Å²) >= 11 is 6.30. The lowest BCUT2D eigenvalue weighted by Crippen LogP contribution is -2.43. The number of rotatable bonds is 9. The van der Waals surface area contributed by atoms with E-state index in [9.17, 15) is 16.8 Å². The van der Waals surface area contributed by atoms with Crippen LogP contribution in [0.2, 0.25) is 5.02 Å². The lowest BCUT2D eigenvalue weighted by atomic mass is 10.0. The van der Waals surface area contributed by atoms with E-state index in [1.165, 1.54) is 34.8 Å². The normalized spacial score (nSPS) is 17.6. The molecule has 1 aliphatic rings. The van der Waals surface area contributed by atoms with Crippen LogP contribution in [0.15, 0.2) is 81.1 Å². The van der Waals surface area contributed by atoms with Crippen molar-refractivity contribution in [1.29, 1.82) is 0 Å². The van der Waals surface area contributed by atoms with Gasteiger partial charge >= 0.3 is 0 Å². The summed E-state index contributed by atoms with van der Waals surface area (Å²) in [6.45, 7) is 2.51. The van der Waals surface area contributed by atoms with E-state index in [0.29, 0.717) is 22.9 Å². The van der Waals surface area contributed by atoms with Gasteiger partial charge in [0, 0.05) is 24.2 Å². The highest BCUT2D eigenvalue weighted by atomic mass is 35.5. The number of benzene rings is 2. The van der Waals surface area contributed by atoms with Gasteiger partial charge in [-0.25, -0.2) is 16.8 Å². The van der Waals surface area contributed by atoms with Gasteiger partial charge in [-0.1, -0.05) is 43.1 Å². The molecule has 0 saturated carbocycles. The van der Waals surface area contributed by atoms with Gasteiger partial charge in [-0.15, -0.1) is 0 Å². The highest BCUT2D eigenvalue weighted by molar-refractivity contribution is 7.89.